The molecule has 0 aliphatic rings. The lowest BCUT2D eigenvalue weighted by Crippen LogP contribution is -2.34. The number of rotatable bonds is 5. The second-order valence-corrected chi connectivity index (χ2v) is 9.92. The zero-order chi connectivity index (χ0) is 16.4. The summed E-state index contributed by atoms with van der Waals surface area (Å²) in [7, 11) is -4.44. The van der Waals surface area contributed by atoms with Crippen LogP contribution in [0.3, 0.4) is 0 Å². The molecule has 1 aromatic rings. The van der Waals surface area contributed by atoms with Crippen molar-refractivity contribution in [2.45, 2.75) is 45.4 Å². The van der Waals surface area contributed by atoms with Crippen molar-refractivity contribution in [3.05, 3.63) is 29.3 Å². The molecule has 1 aromatic carbocycles. The Hall–Kier alpha value is -0.920. The van der Waals surface area contributed by atoms with E-state index in [-0.39, 0.29) is 10.8 Å². The second-order valence-electron chi connectivity index (χ2n) is 6.17. The van der Waals surface area contributed by atoms with Gasteiger partial charge >= 0.3 is 0 Å². The van der Waals surface area contributed by atoms with Crippen molar-refractivity contribution in [3.8, 4) is 0 Å². The summed E-state index contributed by atoms with van der Waals surface area (Å²) in [6, 6.07) is 5.36. The molecular formula is C14H24N2O3S2. The molecule has 0 saturated carbocycles. The van der Waals surface area contributed by atoms with Crippen molar-refractivity contribution in [2.24, 2.45) is 0 Å². The Morgan fingerprint density at radius 1 is 1.24 bits per heavy atom. The van der Waals surface area contributed by atoms with Crippen LogP contribution in [-0.4, -0.2) is 23.6 Å². The van der Waals surface area contributed by atoms with Gasteiger partial charge in [0, 0.05) is 6.04 Å². The van der Waals surface area contributed by atoms with E-state index in [2.05, 4.69) is 9.44 Å². The van der Waals surface area contributed by atoms with Crippen LogP contribution in [0.25, 0.3) is 0 Å². The quantitative estimate of drug-likeness (QED) is 0.870. The van der Waals surface area contributed by atoms with Gasteiger partial charge in [0.1, 0.15) is 0 Å². The number of sulfonamides is 1. The van der Waals surface area contributed by atoms with Gasteiger partial charge in [0.15, 0.2) is 0 Å². The van der Waals surface area contributed by atoms with Gasteiger partial charge in [-0.05, 0) is 51.8 Å². The Morgan fingerprint density at radius 3 is 2.24 bits per heavy atom. The van der Waals surface area contributed by atoms with Gasteiger partial charge in [-0.15, -0.1) is 0 Å². The van der Waals surface area contributed by atoms with E-state index >= 15 is 0 Å². The average Bonchev–Trinajstić information content (AvgIpc) is 2.28. The molecule has 0 amide bonds. The van der Waals surface area contributed by atoms with Crippen molar-refractivity contribution >= 4 is 26.7 Å². The second kappa shape index (κ2) is 6.46. The topological polar surface area (TPSA) is 75.3 Å². The van der Waals surface area contributed by atoms with Crippen LogP contribution in [0.2, 0.25) is 0 Å². The number of hydrogen-bond acceptors (Lipinski definition) is 3. The van der Waals surface area contributed by atoms with Crippen LogP contribution in [0, 0.1) is 6.92 Å². The SMILES string of the molecule is Cc1cc(C(C)NS(=O)C(C)(C)C)ccc1NS(C)(=O)=O. The first kappa shape index (κ1) is 18.1. The van der Waals surface area contributed by atoms with E-state index < -0.39 is 21.0 Å². The number of benzene rings is 1. The molecule has 0 heterocycles. The highest BCUT2D eigenvalue weighted by Gasteiger charge is 2.21. The van der Waals surface area contributed by atoms with E-state index in [0.29, 0.717) is 5.69 Å². The van der Waals surface area contributed by atoms with Crippen molar-refractivity contribution < 1.29 is 12.6 Å². The summed E-state index contributed by atoms with van der Waals surface area (Å²) in [5.41, 5.74) is 2.35. The maximum atomic E-state index is 12.1. The zero-order valence-corrected chi connectivity index (χ0v) is 15.0. The summed E-state index contributed by atoms with van der Waals surface area (Å²) in [6.07, 6.45) is 1.12. The molecule has 2 N–H and O–H groups in total. The van der Waals surface area contributed by atoms with Crippen LogP contribution < -0.4 is 9.44 Å². The lowest BCUT2D eigenvalue weighted by molar-refractivity contribution is 0.606. The Balaban J connectivity index is 2.91. The van der Waals surface area contributed by atoms with Crippen molar-refractivity contribution in [1.29, 1.82) is 0 Å². The molecule has 5 nitrogen and oxygen atoms in total. The Morgan fingerprint density at radius 2 is 1.81 bits per heavy atom. The third-order valence-electron chi connectivity index (χ3n) is 2.89. The van der Waals surface area contributed by atoms with Crippen LogP contribution in [-0.2, 0) is 21.0 Å². The molecule has 0 radical (unpaired) electrons. The van der Waals surface area contributed by atoms with E-state index in [1.807, 2.05) is 46.8 Å². The van der Waals surface area contributed by atoms with E-state index in [0.717, 1.165) is 17.4 Å². The predicted octanol–water partition coefficient (Wildman–Crippen LogP) is 2.48. The van der Waals surface area contributed by atoms with Gasteiger partial charge < -0.3 is 0 Å². The minimum atomic E-state index is -3.29. The van der Waals surface area contributed by atoms with Crippen LogP contribution in [0.15, 0.2) is 18.2 Å². The molecule has 0 aliphatic heterocycles. The number of anilines is 1. The summed E-state index contributed by atoms with van der Waals surface area (Å²) in [6.45, 7) is 9.50. The van der Waals surface area contributed by atoms with Crippen LogP contribution in [0.1, 0.15) is 44.9 Å². The third-order valence-corrected chi connectivity index (χ3v) is 5.16. The Bertz CT molecular complexity index is 634. The van der Waals surface area contributed by atoms with Gasteiger partial charge in [0.05, 0.1) is 27.7 Å². The number of hydrogen-bond donors (Lipinski definition) is 2. The largest absolute Gasteiger partial charge is 0.284 e. The van der Waals surface area contributed by atoms with Crippen molar-refractivity contribution in [1.82, 2.24) is 4.72 Å². The van der Waals surface area contributed by atoms with Crippen molar-refractivity contribution in [3.63, 3.8) is 0 Å². The summed E-state index contributed by atoms with van der Waals surface area (Å²) in [4.78, 5) is 0. The monoisotopic (exact) mass is 332 g/mol. The molecule has 7 heteroatoms. The first-order chi connectivity index (χ1) is 9.40. The Labute approximate surface area is 130 Å². The standard InChI is InChI=1S/C14H24N2O3S2/c1-10-9-12(7-8-13(10)16-21(6,18)19)11(2)15-20(17)14(3,4)5/h7-9,11,15-16H,1-6H3. The molecule has 21 heavy (non-hydrogen) atoms. The molecular weight excluding hydrogens is 308 g/mol. The third kappa shape index (κ3) is 5.76. The molecule has 120 valence electrons. The summed E-state index contributed by atoms with van der Waals surface area (Å²) in [5, 5.41) is 0. The van der Waals surface area contributed by atoms with Gasteiger partial charge in [-0.1, -0.05) is 12.1 Å². The molecule has 0 fully saturated rings. The fraction of sp³-hybridized carbons (Fsp3) is 0.571. The molecule has 1 rings (SSSR count). The van der Waals surface area contributed by atoms with Crippen LogP contribution in [0.5, 0.6) is 0 Å². The fourth-order valence-corrected chi connectivity index (χ4v) is 3.12. The van der Waals surface area contributed by atoms with Gasteiger partial charge in [-0.3, -0.25) is 4.72 Å². The van der Waals surface area contributed by atoms with E-state index in [9.17, 15) is 12.6 Å². The molecule has 0 aliphatic carbocycles. The first-order valence-corrected chi connectivity index (χ1v) is 9.70. The summed E-state index contributed by atoms with van der Waals surface area (Å²) >= 11 is 0. The lowest BCUT2D eigenvalue weighted by Gasteiger charge is -2.22. The average molecular weight is 332 g/mol. The maximum absolute atomic E-state index is 12.1. The van der Waals surface area contributed by atoms with E-state index in [4.69, 9.17) is 0 Å². The maximum Gasteiger partial charge on any atom is 0.229 e. The highest BCUT2D eigenvalue weighted by atomic mass is 32.2. The minimum absolute atomic E-state index is 0.0870. The number of nitrogens with one attached hydrogen (secondary N) is 2. The lowest BCUT2D eigenvalue weighted by atomic mass is 10.1. The van der Waals surface area contributed by atoms with Crippen LogP contribution >= 0.6 is 0 Å². The van der Waals surface area contributed by atoms with Crippen LogP contribution in [0.4, 0.5) is 5.69 Å². The predicted molar refractivity (Wildman–Crippen MR) is 89.1 cm³/mol. The first-order valence-electron chi connectivity index (χ1n) is 6.66. The molecule has 2 atom stereocenters. The smallest absolute Gasteiger partial charge is 0.229 e. The highest BCUT2D eigenvalue weighted by molar-refractivity contribution is 7.92. The van der Waals surface area contributed by atoms with E-state index in [1.165, 1.54) is 0 Å². The van der Waals surface area contributed by atoms with Crippen molar-refractivity contribution in [2.75, 3.05) is 11.0 Å². The minimum Gasteiger partial charge on any atom is -0.284 e. The number of aryl methyl sites for hydroxylation is 1. The molecule has 0 saturated heterocycles. The summed E-state index contributed by atoms with van der Waals surface area (Å²) < 4.78 is 39.8. The fourth-order valence-electron chi connectivity index (χ4n) is 1.68. The molecule has 0 spiro atoms. The van der Waals surface area contributed by atoms with E-state index in [1.54, 1.807) is 6.07 Å². The molecule has 0 bridgehead atoms. The van der Waals surface area contributed by atoms with Gasteiger partial charge in [0.2, 0.25) is 10.0 Å². The molecule has 2 unspecified atom stereocenters. The van der Waals surface area contributed by atoms with Gasteiger partial charge in [-0.25, -0.2) is 17.3 Å². The van der Waals surface area contributed by atoms with Gasteiger partial charge in [0.25, 0.3) is 0 Å². The molecule has 0 aromatic heterocycles. The zero-order valence-electron chi connectivity index (χ0n) is 13.4. The normalized spacial score (nSPS) is 15.5. The summed E-state index contributed by atoms with van der Waals surface area (Å²) in [5.74, 6) is 0. The highest BCUT2D eigenvalue weighted by Crippen LogP contribution is 2.23. The van der Waals surface area contributed by atoms with Gasteiger partial charge in [-0.2, -0.15) is 0 Å². The Kier molecular flexibility index (Phi) is 5.57.